The zero-order valence-corrected chi connectivity index (χ0v) is 14.9. The monoisotopic (exact) mass is 330 g/mol. The van der Waals surface area contributed by atoms with Crippen LogP contribution < -0.4 is 15.4 Å². The molecule has 0 spiro atoms. The number of nitrogens with one attached hydrogen (secondary N) is 2. The number of carbonyl (C=O) groups excluding carboxylic acids is 1. The van der Waals surface area contributed by atoms with Crippen molar-refractivity contribution in [2.75, 3.05) is 7.11 Å². The summed E-state index contributed by atoms with van der Waals surface area (Å²) < 4.78 is 7.11. The van der Waals surface area contributed by atoms with Crippen molar-refractivity contribution in [2.45, 2.75) is 32.9 Å². The molecule has 24 heavy (non-hydrogen) atoms. The Labute approximate surface area is 143 Å². The first-order chi connectivity index (χ1) is 11.4. The Bertz CT molecular complexity index is 664. The van der Waals surface area contributed by atoms with Gasteiger partial charge in [-0.1, -0.05) is 26.0 Å². The van der Waals surface area contributed by atoms with Gasteiger partial charge in [0.2, 0.25) is 0 Å². The zero-order valence-electron chi connectivity index (χ0n) is 14.9. The number of hydrogen-bond donors (Lipinski definition) is 2. The number of aryl methyl sites for hydroxylation is 1. The van der Waals surface area contributed by atoms with E-state index in [1.165, 1.54) is 0 Å². The number of methoxy groups -OCH3 is 1. The molecule has 0 radical (unpaired) electrons. The first-order valence-electron chi connectivity index (χ1n) is 8.10. The van der Waals surface area contributed by atoms with Crippen LogP contribution in [-0.4, -0.2) is 28.7 Å². The fourth-order valence-corrected chi connectivity index (χ4v) is 2.29. The average Bonchev–Trinajstić information content (AvgIpc) is 2.98. The van der Waals surface area contributed by atoms with Crippen molar-refractivity contribution in [3.63, 3.8) is 0 Å². The van der Waals surface area contributed by atoms with Crippen molar-refractivity contribution in [1.82, 2.24) is 20.2 Å². The summed E-state index contributed by atoms with van der Waals surface area (Å²) in [4.78, 5) is 16.8. The molecule has 6 heteroatoms. The SMILES string of the molecule is COc1ccc(C(NC(=O)NC(C)C(C)C)c2nccn2C)cc1. The number of nitrogens with zero attached hydrogens (tertiary/aromatic N) is 2. The van der Waals surface area contributed by atoms with Crippen molar-refractivity contribution in [3.05, 3.63) is 48.0 Å². The molecule has 1 aromatic carbocycles. The van der Waals surface area contributed by atoms with Crippen LogP contribution in [0.3, 0.4) is 0 Å². The molecule has 0 aliphatic carbocycles. The highest BCUT2D eigenvalue weighted by molar-refractivity contribution is 5.75. The molecule has 0 aliphatic rings. The first kappa shape index (κ1) is 17.8. The normalized spacial score (nSPS) is 13.4. The number of benzene rings is 1. The standard InChI is InChI=1S/C18H26N4O2/c1-12(2)13(3)20-18(23)21-16(17-19-10-11-22(17)4)14-6-8-15(24-5)9-7-14/h6-13,16H,1-5H3,(H2,20,21,23). The Morgan fingerprint density at radius 2 is 1.83 bits per heavy atom. The quantitative estimate of drug-likeness (QED) is 0.856. The van der Waals surface area contributed by atoms with Gasteiger partial charge in [-0.05, 0) is 30.5 Å². The van der Waals surface area contributed by atoms with E-state index in [0.29, 0.717) is 5.92 Å². The molecule has 1 aromatic heterocycles. The molecule has 1 heterocycles. The summed E-state index contributed by atoms with van der Waals surface area (Å²) in [6, 6.07) is 7.16. The van der Waals surface area contributed by atoms with Crippen LogP contribution in [0.5, 0.6) is 5.75 Å². The van der Waals surface area contributed by atoms with Gasteiger partial charge >= 0.3 is 6.03 Å². The summed E-state index contributed by atoms with van der Waals surface area (Å²) in [6.07, 6.45) is 3.59. The molecule has 2 N–H and O–H groups in total. The minimum Gasteiger partial charge on any atom is -0.497 e. The number of imidazole rings is 1. The Hall–Kier alpha value is -2.50. The maximum atomic E-state index is 12.4. The van der Waals surface area contributed by atoms with E-state index >= 15 is 0 Å². The third-order valence-corrected chi connectivity index (χ3v) is 4.20. The average molecular weight is 330 g/mol. The smallest absolute Gasteiger partial charge is 0.315 e. The fraction of sp³-hybridized carbons (Fsp3) is 0.444. The lowest BCUT2D eigenvalue weighted by Gasteiger charge is -2.23. The molecule has 0 saturated carbocycles. The largest absolute Gasteiger partial charge is 0.497 e. The summed E-state index contributed by atoms with van der Waals surface area (Å²) in [5.74, 6) is 1.91. The number of urea groups is 1. The second-order valence-electron chi connectivity index (χ2n) is 6.25. The van der Waals surface area contributed by atoms with E-state index < -0.39 is 0 Å². The Morgan fingerprint density at radius 3 is 2.33 bits per heavy atom. The number of carbonyl (C=O) groups is 1. The topological polar surface area (TPSA) is 68.2 Å². The number of ether oxygens (including phenoxy) is 1. The number of aromatic nitrogens is 2. The lowest BCUT2D eigenvalue weighted by Crippen LogP contribution is -2.44. The van der Waals surface area contributed by atoms with Crippen molar-refractivity contribution in [2.24, 2.45) is 13.0 Å². The van der Waals surface area contributed by atoms with Crippen molar-refractivity contribution in [1.29, 1.82) is 0 Å². The molecule has 0 bridgehead atoms. The molecule has 0 aliphatic heterocycles. The van der Waals surface area contributed by atoms with E-state index in [9.17, 15) is 4.79 Å². The highest BCUT2D eigenvalue weighted by Gasteiger charge is 2.22. The lowest BCUT2D eigenvalue weighted by atomic mass is 10.1. The number of hydrogen-bond acceptors (Lipinski definition) is 3. The van der Waals surface area contributed by atoms with E-state index in [4.69, 9.17) is 4.74 Å². The Balaban J connectivity index is 2.23. The molecule has 6 nitrogen and oxygen atoms in total. The Morgan fingerprint density at radius 1 is 1.17 bits per heavy atom. The van der Waals surface area contributed by atoms with Crippen LogP contribution in [0.4, 0.5) is 4.79 Å². The van der Waals surface area contributed by atoms with Gasteiger partial charge in [0, 0.05) is 25.5 Å². The number of amides is 2. The zero-order chi connectivity index (χ0) is 17.7. The highest BCUT2D eigenvalue weighted by Crippen LogP contribution is 2.23. The van der Waals surface area contributed by atoms with Crippen LogP contribution in [0.25, 0.3) is 0 Å². The molecular weight excluding hydrogens is 304 g/mol. The maximum Gasteiger partial charge on any atom is 0.315 e. The van der Waals surface area contributed by atoms with Crippen LogP contribution in [-0.2, 0) is 7.05 Å². The minimum absolute atomic E-state index is 0.0860. The van der Waals surface area contributed by atoms with Gasteiger partial charge in [0.15, 0.2) is 0 Å². The van der Waals surface area contributed by atoms with E-state index in [0.717, 1.165) is 17.1 Å². The first-order valence-corrected chi connectivity index (χ1v) is 8.10. The Kier molecular flexibility index (Phi) is 5.84. The van der Waals surface area contributed by atoms with Gasteiger partial charge < -0.3 is 19.9 Å². The summed E-state index contributed by atoms with van der Waals surface area (Å²) >= 11 is 0. The van der Waals surface area contributed by atoms with Gasteiger partial charge in [0.1, 0.15) is 17.6 Å². The minimum atomic E-state index is -0.338. The predicted octanol–water partition coefficient (Wildman–Crippen LogP) is 2.86. The highest BCUT2D eigenvalue weighted by atomic mass is 16.5. The molecular formula is C18H26N4O2. The second kappa shape index (κ2) is 7.86. The summed E-state index contributed by atoms with van der Waals surface area (Å²) in [5.41, 5.74) is 0.942. The predicted molar refractivity (Wildman–Crippen MR) is 94.0 cm³/mol. The van der Waals surface area contributed by atoms with Crippen molar-refractivity contribution in [3.8, 4) is 5.75 Å². The molecule has 130 valence electrons. The van der Waals surface area contributed by atoms with E-state index in [-0.39, 0.29) is 18.1 Å². The third kappa shape index (κ3) is 4.28. The molecule has 0 fully saturated rings. The van der Waals surface area contributed by atoms with Gasteiger partial charge in [0.25, 0.3) is 0 Å². The van der Waals surface area contributed by atoms with Crippen LogP contribution >= 0.6 is 0 Å². The van der Waals surface area contributed by atoms with Crippen LogP contribution in [0.15, 0.2) is 36.7 Å². The summed E-state index contributed by atoms with van der Waals surface area (Å²) in [6.45, 7) is 6.14. The lowest BCUT2D eigenvalue weighted by molar-refractivity contribution is 0.231. The molecule has 2 aromatic rings. The third-order valence-electron chi connectivity index (χ3n) is 4.20. The molecule has 0 saturated heterocycles. The fourth-order valence-electron chi connectivity index (χ4n) is 2.29. The van der Waals surface area contributed by atoms with Crippen LogP contribution in [0.1, 0.15) is 38.2 Å². The van der Waals surface area contributed by atoms with Gasteiger partial charge in [-0.15, -0.1) is 0 Å². The van der Waals surface area contributed by atoms with Gasteiger partial charge in [0.05, 0.1) is 7.11 Å². The second-order valence-corrected chi connectivity index (χ2v) is 6.25. The van der Waals surface area contributed by atoms with E-state index in [1.807, 2.05) is 49.0 Å². The van der Waals surface area contributed by atoms with Crippen molar-refractivity contribution >= 4 is 6.03 Å². The van der Waals surface area contributed by atoms with E-state index in [2.05, 4.69) is 29.5 Å². The maximum absolute atomic E-state index is 12.4. The van der Waals surface area contributed by atoms with Gasteiger partial charge in [-0.25, -0.2) is 9.78 Å². The van der Waals surface area contributed by atoms with Crippen LogP contribution in [0, 0.1) is 5.92 Å². The van der Waals surface area contributed by atoms with Gasteiger partial charge in [-0.3, -0.25) is 0 Å². The van der Waals surface area contributed by atoms with Crippen molar-refractivity contribution < 1.29 is 9.53 Å². The summed E-state index contributed by atoms with van der Waals surface area (Å²) in [5, 5.41) is 6.00. The van der Waals surface area contributed by atoms with Crippen LogP contribution in [0.2, 0.25) is 0 Å². The molecule has 2 unspecified atom stereocenters. The molecule has 2 rings (SSSR count). The number of rotatable bonds is 6. The molecule has 2 atom stereocenters. The van der Waals surface area contributed by atoms with Gasteiger partial charge in [-0.2, -0.15) is 0 Å². The van der Waals surface area contributed by atoms with E-state index in [1.54, 1.807) is 13.3 Å². The molecule has 2 amide bonds. The summed E-state index contributed by atoms with van der Waals surface area (Å²) in [7, 11) is 3.54.